The molecule has 1 fully saturated rings. The Kier molecular flexibility index (Phi) is 3.31. The van der Waals surface area contributed by atoms with Crippen LogP contribution in [0.4, 0.5) is 5.82 Å². The van der Waals surface area contributed by atoms with Gasteiger partial charge in [-0.3, -0.25) is 0 Å². The lowest BCUT2D eigenvalue weighted by Gasteiger charge is -2.38. The highest BCUT2D eigenvalue weighted by Crippen LogP contribution is 2.26. The molecule has 0 spiro atoms. The number of hydrogen-bond acceptors (Lipinski definition) is 5. The SMILES string of the molecule is CC1COC(CN)CN1c1nncc2ccccc12. The predicted molar refractivity (Wildman–Crippen MR) is 75.1 cm³/mol. The van der Waals surface area contributed by atoms with Crippen LogP contribution < -0.4 is 10.6 Å². The molecule has 2 N–H and O–H groups in total. The molecule has 1 aromatic heterocycles. The van der Waals surface area contributed by atoms with Crippen LogP contribution in [0.15, 0.2) is 30.5 Å². The molecule has 19 heavy (non-hydrogen) atoms. The van der Waals surface area contributed by atoms with E-state index in [1.165, 1.54) is 0 Å². The van der Waals surface area contributed by atoms with Gasteiger partial charge in [-0.2, -0.15) is 5.10 Å². The van der Waals surface area contributed by atoms with E-state index in [2.05, 4.69) is 34.2 Å². The minimum atomic E-state index is 0.0666. The average Bonchev–Trinajstić information content (AvgIpc) is 2.47. The summed E-state index contributed by atoms with van der Waals surface area (Å²) in [5.74, 6) is 0.923. The van der Waals surface area contributed by atoms with E-state index in [4.69, 9.17) is 10.5 Å². The van der Waals surface area contributed by atoms with Crippen molar-refractivity contribution in [3.8, 4) is 0 Å². The number of morpholine rings is 1. The van der Waals surface area contributed by atoms with E-state index < -0.39 is 0 Å². The Balaban J connectivity index is 2.02. The minimum absolute atomic E-state index is 0.0666. The van der Waals surface area contributed by atoms with Gasteiger partial charge in [0.2, 0.25) is 0 Å². The van der Waals surface area contributed by atoms with Crippen LogP contribution in [-0.4, -0.2) is 42.0 Å². The molecule has 5 heteroatoms. The maximum absolute atomic E-state index is 5.71. The van der Waals surface area contributed by atoms with Crippen molar-refractivity contribution in [2.75, 3.05) is 24.6 Å². The summed E-state index contributed by atoms with van der Waals surface area (Å²) in [6.45, 7) is 4.10. The van der Waals surface area contributed by atoms with Gasteiger partial charge < -0.3 is 15.4 Å². The minimum Gasteiger partial charge on any atom is -0.373 e. The molecule has 2 aromatic rings. The first-order valence-electron chi connectivity index (χ1n) is 6.58. The van der Waals surface area contributed by atoms with Crippen LogP contribution in [0.1, 0.15) is 6.92 Å². The highest BCUT2D eigenvalue weighted by molar-refractivity contribution is 5.91. The molecule has 100 valence electrons. The second-order valence-electron chi connectivity index (χ2n) is 4.95. The van der Waals surface area contributed by atoms with Crippen molar-refractivity contribution in [1.82, 2.24) is 10.2 Å². The lowest BCUT2D eigenvalue weighted by molar-refractivity contribution is 0.0280. The fourth-order valence-corrected chi connectivity index (χ4v) is 2.48. The summed E-state index contributed by atoms with van der Waals surface area (Å²) < 4.78 is 5.69. The molecular formula is C14H18N4O. The predicted octanol–water partition coefficient (Wildman–Crippen LogP) is 1.18. The second-order valence-corrected chi connectivity index (χ2v) is 4.95. The summed E-state index contributed by atoms with van der Waals surface area (Å²) in [6, 6.07) is 8.46. The second kappa shape index (κ2) is 5.11. The third kappa shape index (κ3) is 2.27. The number of aromatic nitrogens is 2. The quantitative estimate of drug-likeness (QED) is 0.876. The number of ether oxygens (including phenoxy) is 1. The first kappa shape index (κ1) is 12.3. The van der Waals surface area contributed by atoms with Crippen LogP contribution in [0.3, 0.4) is 0 Å². The number of benzene rings is 1. The molecule has 1 aliphatic heterocycles. The topological polar surface area (TPSA) is 64.3 Å². The Bertz CT molecular complexity index is 569. The normalized spacial score (nSPS) is 23.8. The van der Waals surface area contributed by atoms with Crippen molar-refractivity contribution in [3.05, 3.63) is 30.5 Å². The lowest BCUT2D eigenvalue weighted by atomic mass is 10.1. The zero-order valence-electron chi connectivity index (χ0n) is 11.0. The Morgan fingerprint density at radius 2 is 2.26 bits per heavy atom. The van der Waals surface area contributed by atoms with Gasteiger partial charge in [-0.1, -0.05) is 24.3 Å². The fourth-order valence-electron chi connectivity index (χ4n) is 2.48. The fraction of sp³-hybridized carbons (Fsp3) is 0.429. The third-order valence-corrected chi connectivity index (χ3v) is 3.59. The molecule has 2 heterocycles. The van der Waals surface area contributed by atoms with E-state index in [9.17, 15) is 0 Å². The van der Waals surface area contributed by atoms with Gasteiger partial charge in [0.25, 0.3) is 0 Å². The molecule has 0 bridgehead atoms. The maximum Gasteiger partial charge on any atom is 0.159 e. The summed E-state index contributed by atoms with van der Waals surface area (Å²) >= 11 is 0. The molecule has 0 saturated carbocycles. The van der Waals surface area contributed by atoms with Crippen LogP contribution in [0, 0.1) is 0 Å². The summed E-state index contributed by atoms with van der Waals surface area (Å²) in [5, 5.41) is 10.7. The molecule has 1 aromatic carbocycles. The smallest absolute Gasteiger partial charge is 0.159 e. The van der Waals surface area contributed by atoms with Crippen LogP contribution in [-0.2, 0) is 4.74 Å². The van der Waals surface area contributed by atoms with Gasteiger partial charge in [-0.25, -0.2) is 0 Å². The lowest BCUT2D eigenvalue weighted by Crippen LogP contribution is -2.51. The van der Waals surface area contributed by atoms with Crippen LogP contribution in [0.2, 0.25) is 0 Å². The summed E-state index contributed by atoms with van der Waals surface area (Å²) in [4.78, 5) is 2.25. The number of hydrogen-bond donors (Lipinski definition) is 1. The number of nitrogens with zero attached hydrogens (tertiary/aromatic N) is 3. The van der Waals surface area contributed by atoms with E-state index in [0.717, 1.165) is 23.1 Å². The van der Waals surface area contributed by atoms with Crippen molar-refractivity contribution in [2.24, 2.45) is 5.73 Å². The maximum atomic E-state index is 5.71. The van der Waals surface area contributed by atoms with Gasteiger partial charge in [-0.15, -0.1) is 5.10 Å². The molecule has 2 unspecified atom stereocenters. The summed E-state index contributed by atoms with van der Waals surface area (Å²) in [7, 11) is 0. The van der Waals surface area contributed by atoms with Crippen molar-refractivity contribution in [1.29, 1.82) is 0 Å². The van der Waals surface area contributed by atoms with E-state index in [-0.39, 0.29) is 12.1 Å². The molecule has 0 radical (unpaired) electrons. The van der Waals surface area contributed by atoms with Gasteiger partial charge in [0.15, 0.2) is 5.82 Å². The highest BCUT2D eigenvalue weighted by atomic mass is 16.5. The van der Waals surface area contributed by atoms with Gasteiger partial charge in [-0.05, 0) is 6.92 Å². The van der Waals surface area contributed by atoms with Crippen molar-refractivity contribution >= 4 is 16.6 Å². The molecule has 0 amide bonds. The molecular weight excluding hydrogens is 240 g/mol. The van der Waals surface area contributed by atoms with Gasteiger partial charge in [0.1, 0.15) is 0 Å². The molecule has 1 saturated heterocycles. The number of anilines is 1. The molecule has 1 aliphatic rings. The van der Waals surface area contributed by atoms with E-state index in [1.54, 1.807) is 6.20 Å². The third-order valence-electron chi connectivity index (χ3n) is 3.59. The molecule has 0 aliphatic carbocycles. The zero-order valence-corrected chi connectivity index (χ0v) is 11.0. The van der Waals surface area contributed by atoms with Gasteiger partial charge in [0, 0.05) is 23.9 Å². The van der Waals surface area contributed by atoms with Crippen molar-refractivity contribution in [3.63, 3.8) is 0 Å². The van der Waals surface area contributed by atoms with Gasteiger partial charge in [0.05, 0.1) is 24.9 Å². The molecule has 3 rings (SSSR count). The van der Waals surface area contributed by atoms with Crippen LogP contribution in [0.25, 0.3) is 10.8 Å². The Labute approximate surface area is 112 Å². The summed E-state index contributed by atoms with van der Waals surface area (Å²) in [5.41, 5.74) is 5.71. The average molecular weight is 258 g/mol. The largest absolute Gasteiger partial charge is 0.373 e. The standard InChI is InChI=1S/C14H18N4O/c1-10-9-19-12(6-15)8-18(10)14-13-5-3-2-4-11(13)7-16-17-14/h2-5,7,10,12H,6,8-9,15H2,1H3. The molecule has 5 nitrogen and oxygen atoms in total. The Morgan fingerprint density at radius 1 is 1.42 bits per heavy atom. The van der Waals surface area contributed by atoms with E-state index >= 15 is 0 Å². The van der Waals surface area contributed by atoms with E-state index in [1.807, 2.05) is 12.1 Å². The number of nitrogens with two attached hydrogens (primary N) is 1. The Hall–Kier alpha value is -1.72. The van der Waals surface area contributed by atoms with E-state index in [0.29, 0.717) is 13.2 Å². The van der Waals surface area contributed by atoms with Crippen LogP contribution >= 0.6 is 0 Å². The van der Waals surface area contributed by atoms with Gasteiger partial charge >= 0.3 is 0 Å². The number of rotatable bonds is 2. The highest BCUT2D eigenvalue weighted by Gasteiger charge is 2.27. The Morgan fingerprint density at radius 3 is 3.11 bits per heavy atom. The first-order valence-corrected chi connectivity index (χ1v) is 6.58. The summed E-state index contributed by atoms with van der Waals surface area (Å²) in [6.07, 6.45) is 1.86. The van der Waals surface area contributed by atoms with Crippen LogP contribution in [0.5, 0.6) is 0 Å². The first-order chi connectivity index (χ1) is 9.29. The van der Waals surface area contributed by atoms with Crippen molar-refractivity contribution < 1.29 is 4.74 Å². The zero-order chi connectivity index (χ0) is 13.2. The monoisotopic (exact) mass is 258 g/mol. The number of fused-ring (bicyclic) bond motifs is 1. The molecule has 2 atom stereocenters. The van der Waals surface area contributed by atoms with Crippen molar-refractivity contribution in [2.45, 2.75) is 19.1 Å².